The Morgan fingerprint density at radius 3 is 2.52 bits per heavy atom. The molecule has 1 saturated heterocycles. The van der Waals surface area contributed by atoms with Crippen LogP contribution >= 0.6 is 0 Å². The fourth-order valence-electron chi connectivity index (χ4n) is 2.39. The van der Waals surface area contributed by atoms with Gasteiger partial charge in [0.15, 0.2) is 0 Å². The zero-order valence-corrected chi connectivity index (χ0v) is 12.3. The first-order valence-corrected chi connectivity index (χ1v) is 7.31. The van der Waals surface area contributed by atoms with Crippen molar-refractivity contribution in [2.75, 3.05) is 26.2 Å². The lowest BCUT2D eigenvalue weighted by Crippen LogP contribution is -2.41. The molecule has 1 fully saturated rings. The summed E-state index contributed by atoms with van der Waals surface area (Å²) < 4.78 is 10.8. The van der Waals surface area contributed by atoms with Gasteiger partial charge in [-0.25, -0.2) is 0 Å². The van der Waals surface area contributed by atoms with Crippen LogP contribution < -0.4 is 4.74 Å². The van der Waals surface area contributed by atoms with Crippen molar-refractivity contribution >= 4 is 12.3 Å². The van der Waals surface area contributed by atoms with Crippen LogP contribution in [-0.2, 0) is 9.53 Å². The molecule has 1 aliphatic heterocycles. The topological polar surface area (TPSA) is 55.8 Å². The molecular formula is C16H21NO4. The van der Waals surface area contributed by atoms with Gasteiger partial charge in [0.1, 0.15) is 18.1 Å². The van der Waals surface area contributed by atoms with Crippen molar-refractivity contribution in [2.45, 2.75) is 25.9 Å². The number of hydrogen-bond donors (Lipinski definition) is 0. The molecule has 1 aliphatic rings. The lowest BCUT2D eigenvalue weighted by molar-refractivity contribution is -0.144. The van der Waals surface area contributed by atoms with Gasteiger partial charge in [-0.05, 0) is 44.0 Å². The number of carbonyl (C=O) groups is 2. The van der Waals surface area contributed by atoms with Crippen LogP contribution in [0.5, 0.6) is 5.75 Å². The first-order valence-electron chi connectivity index (χ1n) is 7.31. The summed E-state index contributed by atoms with van der Waals surface area (Å²) in [6.07, 6.45) is 2.74. The molecule has 0 aliphatic carbocycles. The van der Waals surface area contributed by atoms with Crippen molar-refractivity contribution < 1.29 is 19.1 Å². The van der Waals surface area contributed by atoms with E-state index in [1.54, 1.807) is 12.1 Å². The number of rotatable bonds is 6. The van der Waals surface area contributed by atoms with Gasteiger partial charge in [-0.3, -0.25) is 14.5 Å². The van der Waals surface area contributed by atoms with Gasteiger partial charge in [0.25, 0.3) is 0 Å². The average molecular weight is 291 g/mol. The molecule has 0 saturated carbocycles. The number of likely N-dealkylation sites (tertiary alicyclic amines) is 1. The van der Waals surface area contributed by atoms with Gasteiger partial charge in [-0.1, -0.05) is 0 Å². The molecule has 0 unspecified atom stereocenters. The normalized spacial score (nSPS) is 16.4. The summed E-state index contributed by atoms with van der Waals surface area (Å²) >= 11 is 0. The predicted molar refractivity (Wildman–Crippen MR) is 78.6 cm³/mol. The predicted octanol–water partition coefficient (Wildman–Crippen LogP) is 1.91. The van der Waals surface area contributed by atoms with E-state index in [-0.39, 0.29) is 12.1 Å². The second-order valence-corrected chi connectivity index (χ2v) is 5.09. The highest BCUT2D eigenvalue weighted by Gasteiger charge is 2.22. The number of carbonyl (C=O) groups excluding carboxylic acids is 2. The van der Waals surface area contributed by atoms with Crippen LogP contribution in [0.4, 0.5) is 0 Å². The highest BCUT2D eigenvalue weighted by molar-refractivity contribution is 5.74. The SMILES string of the molecule is CCOC(=O)CN1CCC(Oc2ccc(C=O)cc2)CC1. The molecule has 0 atom stereocenters. The van der Waals surface area contributed by atoms with Gasteiger partial charge in [0.2, 0.25) is 0 Å². The minimum absolute atomic E-state index is 0.158. The maximum absolute atomic E-state index is 11.4. The second kappa shape index (κ2) is 7.78. The number of benzene rings is 1. The van der Waals surface area contributed by atoms with Crippen molar-refractivity contribution in [3.8, 4) is 5.75 Å². The van der Waals surface area contributed by atoms with Crippen LogP contribution in [0.15, 0.2) is 24.3 Å². The van der Waals surface area contributed by atoms with Gasteiger partial charge in [-0.15, -0.1) is 0 Å². The Labute approximate surface area is 124 Å². The van der Waals surface area contributed by atoms with E-state index in [4.69, 9.17) is 9.47 Å². The van der Waals surface area contributed by atoms with Crippen LogP contribution in [0.1, 0.15) is 30.1 Å². The molecular weight excluding hydrogens is 270 g/mol. The fraction of sp³-hybridized carbons (Fsp3) is 0.500. The number of hydrogen-bond acceptors (Lipinski definition) is 5. The van der Waals surface area contributed by atoms with Crippen LogP contribution in [0.2, 0.25) is 0 Å². The van der Waals surface area contributed by atoms with Crippen molar-refractivity contribution in [2.24, 2.45) is 0 Å². The summed E-state index contributed by atoms with van der Waals surface area (Å²) in [5.74, 6) is 0.616. The van der Waals surface area contributed by atoms with E-state index in [1.165, 1.54) is 0 Å². The standard InChI is InChI=1S/C16H21NO4/c1-2-20-16(19)11-17-9-7-15(8-10-17)21-14-5-3-13(12-18)4-6-14/h3-6,12,15H,2,7-11H2,1H3. The molecule has 1 heterocycles. The van der Waals surface area contributed by atoms with Crippen LogP contribution in [-0.4, -0.2) is 49.5 Å². The monoisotopic (exact) mass is 291 g/mol. The summed E-state index contributed by atoms with van der Waals surface area (Å²) in [7, 11) is 0. The Balaban J connectivity index is 1.75. The summed E-state index contributed by atoms with van der Waals surface area (Å²) in [6.45, 7) is 4.25. The van der Waals surface area contributed by atoms with E-state index in [0.717, 1.165) is 38.0 Å². The summed E-state index contributed by atoms with van der Waals surface area (Å²) in [4.78, 5) is 24.1. The Morgan fingerprint density at radius 2 is 1.95 bits per heavy atom. The number of piperidine rings is 1. The third kappa shape index (κ3) is 4.86. The third-order valence-electron chi connectivity index (χ3n) is 3.51. The molecule has 0 radical (unpaired) electrons. The first kappa shape index (κ1) is 15.5. The lowest BCUT2D eigenvalue weighted by Gasteiger charge is -2.31. The smallest absolute Gasteiger partial charge is 0.320 e. The van der Waals surface area contributed by atoms with Gasteiger partial charge < -0.3 is 9.47 Å². The van der Waals surface area contributed by atoms with Crippen LogP contribution in [0.25, 0.3) is 0 Å². The maximum Gasteiger partial charge on any atom is 0.320 e. The maximum atomic E-state index is 11.4. The largest absolute Gasteiger partial charge is 0.490 e. The minimum atomic E-state index is -0.165. The molecule has 1 aromatic rings. The molecule has 5 heteroatoms. The number of esters is 1. The van der Waals surface area contributed by atoms with Crippen LogP contribution in [0.3, 0.4) is 0 Å². The number of nitrogens with zero attached hydrogens (tertiary/aromatic N) is 1. The van der Waals surface area contributed by atoms with E-state index in [1.807, 2.05) is 19.1 Å². The molecule has 0 amide bonds. The quantitative estimate of drug-likeness (QED) is 0.592. The summed E-state index contributed by atoms with van der Waals surface area (Å²) in [6, 6.07) is 7.12. The minimum Gasteiger partial charge on any atom is -0.490 e. The Bertz CT molecular complexity index is 464. The van der Waals surface area contributed by atoms with E-state index < -0.39 is 0 Å². The average Bonchev–Trinajstić information content (AvgIpc) is 2.50. The highest BCUT2D eigenvalue weighted by atomic mass is 16.5. The van der Waals surface area contributed by atoms with E-state index in [0.29, 0.717) is 18.7 Å². The molecule has 2 rings (SSSR count). The Kier molecular flexibility index (Phi) is 5.75. The molecule has 21 heavy (non-hydrogen) atoms. The fourth-order valence-corrected chi connectivity index (χ4v) is 2.39. The third-order valence-corrected chi connectivity index (χ3v) is 3.51. The van der Waals surface area contributed by atoms with Crippen molar-refractivity contribution in [1.29, 1.82) is 0 Å². The molecule has 5 nitrogen and oxygen atoms in total. The van der Waals surface area contributed by atoms with Crippen molar-refractivity contribution in [1.82, 2.24) is 4.90 Å². The molecule has 0 spiro atoms. The van der Waals surface area contributed by atoms with Gasteiger partial charge >= 0.3 is 5.97 Å². The van der Waals surface area contributed by atoms with Gasteiger partial charge in [0.05, 0.1) is 13.2 Å². The van der Waals surface area contributed by atoms with E-state index in [2.05, 4.69) is 4.90 Å². The first-order chi connectivity index (χ1) is 10.2. The lowest BCUT2D eigenvalue weighted by atomic mass is 10.1. The van der Waals surface area contributed by atoms with Crippen molar-refractivity contribution in [3.05, 3.63) is 29.8 Å². The van der Waals surface area contributed by atoms with Gasteiger partial charge in [-0.2, -0.15) is 0 Å². The zero-order chi connectivity index (χ0) is 15.1. The Hall–Kier alpha value is -1.88. The number of ether oxygens (including phenoxy) is 2. The summed E-state index contributed by atoms with van der Waals surface area (Å²) in [5.41, 5.74) is 0.645. The Morgan fingerprint density at radius 1 is 1.29 bits per heavy atom. The molecule has 0 bridgehead atoms. The van der Waals surface area contributed by atoms with E-state index >= 15 is 0 Å². The highest BCUT2D eigenvalue weighted by Crippen LogP contribution is 2.19. The number of aldehydes is 1. The molecule has 114 valence electrons. The van der Waals surface area contributed by atoms with E-state index in [9.17, 15) is 9.59 Å². The van der Waals surface area contributed by atoms with Gasteiger partial charge in [0, 0.05) is 18.7 Å². The molecule has 1 aromatic carbocycles. The van der Waals surface area contributed by atoms with Crippen LogP contribution in [0, 0.1) is 0 Å². The molecule has 0 aromatic heterocycles. The van der Waals surface area contributed by atoms with Crippen molar-refractivity contribution in [3.63, 3.8) is 0 Å². The second-order valence-electron chi connectivity index (χ2n) is 5.09. The summed E-state index contributed by atoms with van der Waals surface area (Å²) in [5, 5.41) is 0. The molecule has 0 N–H and O–H groups in total. The zero-order valence-electron chi connectivity index (χ0n) is 12.3.